The van der Waals surface area contributed by atoms with Crippen molar-refractivity contribution in [3.63, 3.8) is 0 Å². The third kappa shape index (κ3) is 4.56. The predicted molar refractivity (Wildman–Crippen MR) is 100.0 cm³/mol. The molecule has 0 heterocycles. The van der Waals surface area contributed by atoms with Gasteiger partial charge in [0.1, 0.15) is 0 Å². The molecule has 4 N–H and O–H groups in total. The molecule has 3 rings (SSSR count). The van der Waals surface area contributed by atoms with E-state index in [0.717, 1.165) is 24.3 Å². The average molecular weight is 411 g/mol. The molecule has 29 heavy (non-hydrogen) atoms. The highest BCUT2D eigenvalue weighted by atomic mass is 19.4. The number of halogens is 6. The Balaban J connectivity index is 2.27. The molecule has 0 fully saturated rings. The molecule has 0 atom stereocenters. The van der Waals surface area contributed by atoms with Crippen LogP contribution in [0.3, 0.4) is 0 Å². The monoisotopic (exact) mass is 411 g/mol. The summed E-state index contributed by atoms with van der Waals surface area (Å²) in [5.41, 5.74) is 9.12. The van der Waals surface area contributed by atoms with Gasteiger partial charge in [0.15, 0.2) is 0 Å². The van der Waals surface area contributed by atoms with Crippen molar-refractivity contribution < 1.29 is 26.3 Å². The van der Waals surface area contributed by atoms with Crippen LogP contribution in [0.25, 0.3) is 0 Å². The topological polar surface area (TPSA) is 55.3 Å². The van der Waals surface area contributed by atoms with E-state index in [-0.39, 0.29) is 22.7 Å². The molecule has 152 valence electrons. The first kappa shape index (κ1) is 20.4. The van der Waals surface area contributed by atoms with E-state index in [1.165, 1.54) is 17.0 Å². The van der Waals surface area contributed by atoms with Crippen LogP contribution in [0.2, 0.25) is 0 Å². The summed E-state index contributed by atoms with van der Waals surface area (Å²) < 4.78 is 79.5. The van der Waals surface area contributed by atoms with Crippen LogP contribution in [-0.4, -0.2) is 0 Å². The van der Waals surface area contributed by atoms with Crippen LogP contribution in [0.4, 0.5) is 54.8 Å². The Hall–Kier alpha value is -3.36. The van der Waals surface area contributed by atoms with Gasteiger partial charge in [-0.2, -0.15) is 26.3 Å². The molecular weight excluding hydrogens is 396 g/mol. The SMILES string of the molecule is Nc1cc(N(c2ccccc2)c2cc(N)cc(C(F)(F)F)c2)cc(C(F)(F)F)c1. The fourth-order valence-electron chi connectivity index (χ4n) is 2.88. The minimum Gasteiger partial charge on any atom is -0.399 e. The van der Waals surface area contributed by atoms with Crippen molar-refractivity contribution in [1.82, 2.24) is 0 Å². The second-order valence-corrected chi connectivity index (χ2v) is 6.29. The number of hydrogen-bond donors (Lipinski definition) is 2. The number of nitrogen functional groups attached to an aromatic ring is 2. The van der Waals surface area contributed by atoms with Gasteiger partial charge in [-0.25, -0.2) is 0 Å². The number of nitrogens with zero attached hydrogens (tertiary/aromatic N) is 1. The van der Waals surface area contributed by atoms with Gasteiger partial charge in [-0.3, -0.25) is 0 Å². The van der Waals surface area contributed by atoms with Gasteiger partial charge >= 0.3 is 12.4 Å². The van der Waals surface area contributed by atoms with Gasteiger partial charge in [0.25, 0.3) is 0 Å². The van der Waals surface area contributed by atoms with E-state index in [9.17, 15) is 26.3 Å². The maximum absolute atomic E-state index is 13.3. The molecule has 0 aliphatic heterocycles. The van der Waals surface area contributed by atoms with Crippen LogP contribution >= 0.6 is 0 Å². The second kappa shape index (κ2) is 7.23. The normalized spacial score (nSPS) is 12.1. The summed E-state index contributed by atoms with van der Waals surface area (Å²) in [5.74, 6) is 0. The van der Waals surface area contributed by atoms with Crippen LogP contribution in [-0.2, 0) is 12.4 Å². The van der Waals surface area contributed by atoms with Crippen molar-refractivity contribution in [2.75, 3.05) is 16.4 Å². The Morgan fingerprint density at radius 1 is 0.552 bits per heavy atom. The quantitative estimate of drug-likeness (QED) is 0.390. The van der Waals surface area contributed by atoms with Crippen molar-refractivity contribution >= 4 is 28.4 Å². The van der Waals surface area contributed by atoms with Gasteiger partial charge in [0, 0.05) is 28.4 Å². The van der Waals surface area contributed by atoms with E-state index in [2.05, 4.69) is 0 Å². The number of alkyl halides is 6. The Bertz CT molecular complexity index is 949. The average Bonchev–Trinajstić information content (AvgIpc) is 2.60. The number of benzene rings is 3. The number of rotatable bonds is 3. The third-order valence-electron chi connectivity index (χ3n) is 4.07. The van der Waals surface area contributed by atoms with Crippen molar-refractivity contribution in [2.45, 2.75) is 12.4 Å². The summed E-state index contributed by atoms with van der Waals surface area (Å²) in [6.45, 7) is 0. The molecule has 0 spiro atoms. The van der Waals surface area contributed by atoms with Crippen LogP contribution in [0.1, 0.15) is 11.1 Å². The van der Waals surface area contributed by atoms with E-state index in [1.54, 1.807) is 30.3 Å². The zero-order chi connectivity index (χ0) is 21.4. The lowest BCUT2D eigenvalue weighted by Gasteiger charge is -2.27. The maximum atomic E-state index is 13.3. The van der Waals surface area contributed by atoms with E-state index >= 15 is 0 Å². The molecule has 0 aliphatic rings. The summed E-state index contributed by atoms with van der Waals surface area (Å²) in [5, 5.41) is 0. The Labute approximate surface area is 162 Å². The van der Waals surface area contributed by atoms with Gasteiger partial charge in [-0.1, -0.05) is 18.2 Å². The first-order valence-electron chi connectivity index (χ1n) is 8.26. The molecule has 0 radical (unpaired) electrons. The first-order chi connectivity index (χ1) is 13.4. The summed E-state index contributed by atoms with van der Waals surface area (Å²) in [6.07, 6.45) is -9.36. The molecule has 0 amide bonds. The zero-order valence-electron chi connectivity index (χ0n) is 14.7. The second-order valence-electron chi connectivity index (χ2n) is 6.29. The van der Waals surface area contributed by atoms with E-state index in [1.807, 2.05) is 0 Å². The standard InChI is InChI=1S/C20H15F6N3/c21-19(22,23)12-6-14(27)10-17(8-12)29(16-4-2-1-3-5-16)18-9-13(20(24,25)26)7-15(28)11-18/h1-11H,27-28H2. The summed E-state index contributed by atoms with van der Waals surface area (Å²) in [6, 6.07) is 13.6. The van der Waals surface area contributed by atoms with Crippen LogP contribution in [0, 0.1) is 0 Å². The first-order valence-corrected chi connectivity index (χ1v) is 8.26. The lowest BCUT2D eigenvalue weighted by molar-refractivity contribution is -0.138. The van der Waals surface area contributed by atoms with Crippen molar-refractivity contribution in [3.05, 3.63) is 77.9 Å². The maximum Gasteiger partial charge on any atom is 0.416 e. The zero-order valence-corrected chi connectivity index (χ0v) is 14.7. The smallest absolute Gasteiger partial charge is 0.399 e. The van der Waals surface area contributed by atoms with E-state index in [4.69, 9.17) is 11.5 Å². The van der Waals surface area contributed by atoms with E-state index < -0.39 is 23.5 Å². The molecule has 0 unspecified atom stereocenters. The van der Waals surface area contributed by atoms with Gasteiger partial charge in [-0.05, 0) is 48.5 Å². The summed E-state index contributed by atoms with van der Waals surface area (Å²) >= 11 is 0. The lowest BCUT2D eigenvalue weighted by Crippen LogP contribution is -2.15. The molecule has 9 heteroatoms. The Morgan fingerprint density at radius 3 is 1.34 bits per heavy atom. The number of nitrogens with two attached hydrogens (primary N) is 2. The number of hydrogen-bond acceptors (Lipinski definition) is 3. The van der Waals surface area contributed by atoms with Gasteiger partial charge in [0.2, 0.25) is 0 Å². The lowest BCUT2D eigenvalue weighted by atomic mass is 10.1. The molecule has 0 aliphatic carbocycles. The largest absolute Gasteiger partial charge is 0.416 e. The molecule has 0 saturated carbocycles. The molecule has 3 aromatic rings. The molecule has 0 bridgehead atoms. The molecule has 0 saturated heterocycles. The van der Waals surface area contributed by atoms with Crippen molar-refractivity contribution in [1.29, 1.82) is 0 Å². The molecule has 0 aromatic heterocycles. The van der Waals surface area contributed by atoms with Crippen LogP contribution in [0.5, 0.6) is 0 Å². The fraction of sp³-hybridized carbons (Fsp3) is 0.100. The highest BCUT2D eigenvalue weighted by Crippen LogP contribution is 2.42. The van der Waals surface area contributed by atoms with Gasteiger partial charge in [-0.15, -0.1) is 0 Å². The van der Waals surface area contributed by atoms with Gasteiger partial charge in [0.05, 0.1) is 11.1 Å². The Kier molecular flexibility index (Phi) is 5.08. The predicted octanol–water partition coefficient (Wildman–Crippen LogP) is 6.36. The van der Waals surface area contributed by atoms with E-state index in [0.29, 0.717) is 5.69 Å². The molecule has 3 nitrogen and oxygen atoms in total. The van der Waals surface area contributed by atoms with Gasteiger partial charge < -0.3 is 16.4 Å². The van der Waals surface area contributed by atoms with Crippen LogP contribution < -0.4 is 16.4 Å². The highest BCUT2D eigenvalue weighted by Gasteiger charge is 2.33. The number of para-hydroxylation sites is 1. The molecule has 3 aromatic carbocycles. The highest BCUT2D eigenvalue weighted by molar-refractivity contribution is 5.80. The van der Waals surface area contributed by atoms with Crippen LogP contribution in [0.15, 0.2) is 66.7 Å². The number of anilines is 5. The fourth-order valence-corrected chi connectivity index (χ4v) is 2.88. The Morgan fingerprint density at radius 2 is 0.966 bits per heavy atom. The van der Waals surface area contributed by atoms with Crippen molar-refractivity contribution in [2.24, 2.45) is 0 Å². The minimum atomic E-state index is -4.68. The van der Waals surface area contributed by atoms with Crippen molar-refractivity contribution in [3.8, 4) is 0 Å². The summed E-state index contributed by atoms with van der Waals surface area (Å²) in [7, 11) is 0. The molecular formula is C20H15F6N3. The summed E-state index contributed by atoms with van der Waals surface area (Å²) in [4.78, 5) is 1.23. The third-order valence-corrected chi connectivity index (χ3v) is 4.07. The minimum absolute atomic E-state index is 0.0535.